The van der Waals surface area contributed by atoms with Crippen molar-refractivity contribution in [3.8, 4) is 0 Å². The third-order valence-corrected chi connectivity index (χ3v) is 4.19. The van der Waals surface area contributed by atoms with Gasteiger partial charge in [-0.2, -0.15) is 0 Å². The van der Waals surface area contributed by atoms with E-state index in [0.29, 0.717) is 5.92 Å². The van der Waals surface area contributed by atoms with Crippen molar-refractivity contribution in [2.45, 2.75) is 39.3 Å². The SMILES string of the molecule is CCC(N)C(c1ccc(Cl)s1)N(C)CC(C)C. The van der Waals surface area contributed by atoms with E-state index in [1.54, 1.807) is 11.3 Å². The van der Waals surface area contributed by atoms with Gasteiger partial charge in [-0.25, -0.2) is 0 Å². The molecule has 1 rings (SSSR count). The lowest BCUT2D eigenvalue weighted by Crippen LogP contribution is -2.39. The fraction of sp³-hybridized carbons (Fsp3) is 0.692. The van der Waals surface area contributed by atoms with Crippen LogP contribution in [0.25, 0.3) is 0 Å². The van der Waals surface area contributed by atoms with Crippen LogP contribution in [0.15, 0.2) is 12.1 Å². The Morgan fingerprint density at radius 1 is 1.41 bits per heavy atom. The first-order valence-corrected chi connectivity index (χ1v) is 7.36. The maximum atomic E-state index is 6.26. The van der Waals surface area contributed by atoms with E-state index in [1.165, 1.54) is 4.88 Å². The van der Waals surface area contributed by atoms with Crippen molar-refractivity contribution in [2.24, 2.45) is 11.7 Å². The molecule has 0 fully saturated rings. The Labute approximate surface area is 114 Å². The van der Waals surface area contributed by atoms with Gasteiger partial charge in [-0.05, 0) is 31.5 Å². The summed E-state index contributed by atoms with van der Waals surface area (Å²) in [6.07, 6.45) is 0.975. The Bertz CT molecular complexity index is 338. The van der Waals surface area contributed by atoms with Crippen LogP contribution in [-0.2, 0) is 0 Å². The summed E-state index contributed by atoms with van der Waals surface area (Å²) in [7, 11) is 2.15. The Kier molecular flexibility index (Phi) is 5.93. The summed E-state index contributed by atoms with van der Waals surface area (Å²) in [6, 6.07) is 4.50. The molecule has 1 heterocycles. The maximum absolute atomic E-state index is 6.26. The van der Waals surface area contributed by atoms with Gasteiger partial charge in [0.05, 0.1) is 10.4 Å². The zero-order chi connectivity index (χ0) is 13.0. The zero-order valence-electron chi connectivity index (χ0n) is 11.1. The molecule has 0 aliphatic carbocycles. The first kappa shape index (κ1) is 15.0. The molecule has 0 saturated carbocycles. The molecular formula is C13H23ClN2S. The quantitative estimate of drug-likeness (QED) is 0.856. The van der Waals surface area contributed by atoms with Crippen molar-refractivity contribution in [1.82, 2.24) is 4.90 Å². The molecule has 17 heavy (non-hydrogen) atoms. The largest absolute Gasteiger partial charge is 0.326 e. The average molecular weight is 275 g/mol. The van der Waals surface area contributed by atoms with Crippen molar-refractivity contribution in [1.29, 1.82) is 0 Å². The third kappa shape index (κ3) is 4.25. The van der Waals surface area contributed by atoms with E-state index in [0.717, 1.165) is 17.3 Å². The molecular weight excluding hydrogens is 252 g/mol. The normalized spacial score (nSPS) is 15.5. The average Bonchev–Trinajstić information content (AvgIpc) is 2.63. The Morgan fingerprint density at radius 3 is 2.47 bits per heavy atom. The van der Waals surface area contributed by atoms with E-state index in [9.17, 15) is 0 Å². The van der Waals surface area contributed by atoms with Crippen LogP contribution in [-0.4, -0.2) is 24.5 Å². The number of hydrogen-bond donors (Lipinski definition) is 1. The number of likely N-dealkylation sites (N-methyl/N-ethyl adjacent to an activating group) is 1. The molecule has 4 heteroatoms. The Hall–Kier alpha value is -0.0900. The highest BCUT2D eigenvalue weighted by Crippen LogP contribution is 2.32. The zero-order valence-corrected chi connectivity index (χ0v) is 12.7. The number of nitrogens with two attached hydrogens (primary N) is 1. The fourth-order valence-electron chi connectivity index (χ4n) is 2.16. The van der Waals surface area contributed by atoms with E-state index in [1.807, 2.05) is 6.07 Å². The van der Waals surface area contributed by atoms with E-state index in [-0.39, 0.29) is 12.1 Å². The van der Waals surface area contributed by atoms with Gasteiger partial charge in [-0.3, -0.25) is 4.90 Å². The number of rotatable bonds is 6. The third-order valence-electron chi connectivity index (χ3n) is 2.89. The molecule has 0 spiro atoms. The van der Waals surface area contributed by atoms with Gasteiger partial charge in [0.15, 0.2) is 0 Å². The van der Waals surface area contributed by atoms with Crippen LogP contribution < -0.4 is 5.73 Å². The Morgan fingerprint density at radius 2 is 2.06 bits per heavy atom. The topological polar surface area (TPSA) is 29.3 Å². The minimum atomic E-state index is 0.161. The molecule has 2 unspecified atom stereocenters. The lowest BCUT2D eigenvalue weighted by molar-refractivity contribution is 0.192. The van der Waals surface area contributed by atoms with E-state index < -0.39 is 0 Å². The summed E-state index contributed by atoms with van der Waals surface area (Å²) in [5, 5.41) is 0. The van der Waals surface area contributed by atoms with Gasteiger partial charge in [0, 0.05) is 17.5 Å². The minimum absolute atomic E-state index is 0.161. The summed E-state index contributed by atoms with van der Waals surface area (Å²) in [5.74, 6) is 0.641. The van der Waals surface area contributed by atoms with Gasteiger partial charge in [0.25, 0.3) is 0 Å². The lowest BCUT2D eigenvalue weighted by Gasteiger charge is -2.32. The minimum Gasteiger partial charge on any atom is -0.326 e. The highest BCUT2D eigenvalue weighted by Gasteiger charge is 2.24. The van der Waals surface area contributed by atoms with Gasteiger partial charge < -0.3 is 5.73 Å². The van der Waals surface area contributed by atoms with Crippen molar-refractivity contribution < 1.29 is 0 Å². The van der Waals surface area contributed by atoms with E-state index in [4.69, 9.17) is 17.3 Å². The number of hydrogen-bond acceptors (Lipinski definition) is 3. The van der Waals surface area contributed by atoms with E-state index in [2.05, 4.69) is 38.8 Å². The molecule has 1 aromatic rings. The summed E-state index contributed by atoms with van der Waals surface area (Å²) < 4.78 is 0.839. The second-order valence-corrected chi connectivity index (χ2v) is 6.74. The number of halogens is 1. The lowest BCUT2D eigenvalue weighted by atomic mass is 10.0. The van der Waals surface area contributed by atoms with Crippen molar-refractivity contribution in [3.05, 3.63) is 21.3 Å². The van der Waals surface area contributed by atoms with Gasteiger partial charge >= 0.3 is 0 Å². The van der Waals surface area contributed by atoms with Crippen LogP contribution in [0.3, 0.4) is 0 Å². The standard InChI is InChI=1S/C13H23ClN2S/c1-5-10(15)13(16(4)8-9(2)3)11-6-7-12(14)17-11/h6-7,9-10,13H,5,8,15H2,1-4H3. The predicted molar refractivity (Wildman–Crippen MR) is 77.8 cm³/mol. The van der Waals surface area contributed by atoms with Crippen LogP contribution in [0.4, 0.5) is 0 Å². The van der Waals surface area contributed by atoms with Gasteiger partial charge in [0.2, 0.25) is 0 Å². The molecule has 2 N–H and O–H groups in total. The van der Waals surface area contributed by atoms with Crippen LogP contribution in [0.1, 0.15) is 38.1 Å². The second kappa shape index (κ2) is 6.74. The number of nitrogens with zero attached hydrogens (tertiary/aromatic N) is 1. The molecule has 2 nitrogen and oxygen atoms in total. The highest BCUT2D eigenvalue weighted by atomic mass is 35.5. The molecule has 2 atom stereocenters. The summed E-state index contributed by atoms with van der Waals surface area (Å²) in [6.45, 7) is 7.64. The molecule has 0 amide bonds. The molecule has 1 aromatic heterocycles. The van der Waals surface area contributed by atoms with Crippen LogP contribution in [0.2, 0.25) is 4.34 Å². The monoisotopic (exact) mass is 274 g/mol. The number of thiophene rings is 1. The smallest absolute Gasteiger partial charge is 0.0931 e. The highest BCUT2D eigenvalue weighted by molar-refractivity contribution is 7.16. The maximum Gasteiger partial charge on any atom is 0.0931 e. The second-order valence-electron chi connectivity index (χ2n) is 4.99. The molecule has 0 aliphatic rings. The van der Waals surface area contributed by atoms with Crippen molar-refractivity contribution in [3.63, 3.8) is 0 Å². The predicted octanol–water partition coefficient (Wildman–Crippen LogP) is 3.77. The first-order chi connectivity index (χ1) is 7.95. The summed E-state index contributed by atoms with van der Waals surface area (Å²) >= 11 is 7.66. The fourth-order valence-corrected chi connectivity index (χ4v) is 3.46. The van der Waals surface area contributed by atoms with Crippen molar-refractivity contribution >= 4 is 22.9 Å². The van der Waals surface area contributed by atoms with Gasteiger partial charge in [0.1, 0.15) is 0 Å². The first-order valence-electron chi connectivity index (χ1n) is 6.16. The van der Waals surface area contributed by atoms with Crippen LogP contribution in [0, 0.1) is 5.92 Å². The van der Waals surface area contributed by atoms with E-state index >= 15 is 0 Å². The molecule has 0 aliphatic heterocycles. The molecule has 0 aromatic carbocycles. The molecule has 0 radical (unpaired) electrons. The Balaban J connectivity index is 2.87. The summed E-state index contributed by atoms with van der Waals surface area (Å²) in [4.78, 5) is 3.62. The van der Waals surface area contributed by atoms with Gasteiger partial charge in [-0.15, -0.1) is 11.3 Å². The molecule has 0 bridgehead atoms. The molecule has 98 valence electrons. The van der Waals surface area contributed by atoms with Gasteiger partial charge in [-0.1, -0.05) is 32.4 Å². The molecule has 0 saturated heterocycles. The summed E-state index contributed by atoms with van der Waals surface area (Å²) in [5.41, 5.74) is 6.26. The van der Waals surface area contributed by atoms with Crippen molar-refractivity contribution in [2.75, 3.05) is 13.6 Å². The van der Waals surface area contributed by atoms with Crippen LogP contribution in [0.5, 0.6) is 0 Å². The van der Waals surface area contributed by atoms with Crippen LogP contribution >= 0.6 is 22.9 Å².